The van der Waals surface area contributed by atoms with E-state index in [9.17, 15) is 14.7 Å². The normalized spacial score (nSPS) is 20.1. The first kappa shape index (κ1) is 23.0. The van der Waals surface area contributed by atoms with Gasteiger partial charge in [0.05, 0.1) is 12.7 Å². The summed E-state index contributed by atoms with van der Waals surface area (Å²) in [4.78, 5) is 25.9. The summed E-state index contributed by atoms with van der Waals surface area (Å²) in [6.07, 6.45) is -0.644. The summed E-state index contributed by atoms with van der Waals surface area (Å²) in [5.41, 5.74) is 0.821. The number of hydrogen-bond acceptors (Lipinski definition) is 5. The highest BCUT2D eigenvalue weighted by atomic mass is 16.6. The van der Waals surface area contributed by atoms with E-state index in [1.165, 1.54) is 16.8 Å². The number of H-pyrrole nitrogens is 1. The molecule has 5 rings (SSSR count). The molecule has 4 aromatic rings. The Labute approximate surface area is 202 Å². The minimum atomic E-state index is -0.945. The molecule has 178 valence electrons. The fourth-order valence-corrected chi connectivity index (χ4v) is 4.67. The van der Waals surface area contributed by atoms with Gasteiger partial charge < -0.3 is 14.6 Å². The Morgan fingerprint density at radius 3 is 1.86 bits per heavy atom. The van der Waals surface area contributed by atoms with Crippen molar-refractivity contribution in [2.45, 2.75) is 30.5 Å². The van der Waals surface area contributed by atoms with Gasteiger partial charge in [0.1, 0.15) is 17.9 Å². The number of ether oxygens (including phenoxy) is 2. The summed E-state index contributed by atoms with van der Waals surface area (Å²) in [6.45, 7) is 0.0778. The Hall–Kier alpha value is -3.78. The zero-order chi connectivity index (χ0) is 24.3. The lowest BCUT2D eigenvalue weighted by atomic mass is 9.80. The van der Waals surface area contributed by atoms with Crippen LogP contribution < -0.4 is 11.2 Å². The maximum Gasteiger partial charge on any atom is 0.330 e. The minimum Gasteiger partial charge on any atom is -0.390 e. The summed E-state index contributed by atoms with van der Waals surface area (Å²) < 4.78 is 14.1. The average Bonchev–Trinajstić information content (AvgIpc) is 3.26. The van der Waals surface area contributed by atoms with Crippen molar-refractivity contribution in [3.8, 4) is 0 Å². The molecular formula is C28H26N2O5. The maximum atomic E-state index is 12.2. The SMILES string of the molecule is O=c1ccn([C@H]2C[C@@H](O)[C@H](COC(c3ccccc3)(c3ccccc3)c3ccccc3)O2)c(=O)[nH]1. The number of rotatable bonds is 7. The molecule has 0 unspecified atom stereocenters. The molecule has 35 heavy (non-hydrogen) atoms. The quantitative estimate of drug-likeness (QED) is 0.405. The molecule has 3 atom stereocenters. The van der Waals surface area contributed by atoms with E-state index in [1.54, 1.807) is 0 Å². The highest BCUT2D eigenvalue weighted by Gasteiger charge is 2.41. The molecular weight excluding hydrogens is 444 g/mol. The molecule has 7 nitrogen and oxygen atoms in total. The van der Waals surface area contributed by atoms with Gasteiger partial charge in [-0.2, -0.15) is 0 Å². The number of aromatic nitrogens is 2. The number of aliphatic hydroxyl groups excluding tert-OH is 1. The molecule has 1 aromatic heterocycles. The number of hydrogen-bond donors (Lipinski definition) is 2. The second kappa shape index (κ2) is 9.84. The van der Waals surface area contributed by atoms with Gasteiger partial charge in [0, 0.05) is 18.7 Å². The standard InChI is InChI=1S/C28H26N2O5/c31-23-18-26(30-17-16-25(32)29-27(30)33)35-24(23)19-34-28(20-10-4-1-5-11-20,21-12-6-2-7-13-21)22-14-8-3-9-15-22/h1-17,23-24,26,31H,18-19H2,(H,29,32,33)/t23-,24+,26-/m1/s1. The van der Waals surface area contributed by atoms with Crippen molar-refractivity contribution >= 4 is 0 Å². The summed E-state index contributed by atoms with van der Waals surface area (Å²) >= 11 is 0. The van der Waals surface area contributed by atoms with Crippen molar-refractivity contribution in [2.24, 2.45) is 0 Å². The van der Waals surface area contributed by atoms with Crippen molar-refractivity contribution in [3.63, 3.8) is 0 Å². The predicted molar refractivity (Wildman–Crippen MR) is 131 cm³/mol. The fourth-order valence-electron chi connectivity index (χ4n) is 4.67. The summed E-state index contributed by atoms with van der Waals surface area (Å²) in [5, 5.41) is 10.8. The first-order valence-electron chi connectivity index (χ1n) is 11.5. The van der Waals surface area contributed by atoms with E-state index in [1.807, 2.05) is 91.0 Å². The van der Waals surface area contributed by atoms with E-state index in [2.05, 4.69) is 4.98 Å². The van der Waals surface area contributed by atoms with E-state index < -0.39 is 35.3 Å². The number of nitrogens with one attached hydrogen (secondary N) is 1. The first-order chi connectivity index (χ1) is 17.1. The van der Waals surface area contributed by atoms with Gasteiger partial charge in [0.25, 0.3) is 5.56 Å². The van der Waals surface area contributed by atoms with Crippen LogP contribution in [0.15, 0.2) is 113 Å². The van der Waals surface area contributed by atoms with Crippen LogP contribution in [0.1, 0.15) is 29.3 Å². The molecule has 1 saturated heterocycles. The molecule has 2 N–H and O–H groups in total. The molecule has 3 aromatic carbocycles. The Balaban J connectivity index is 1.50. The Morgan fingerprint density at radius 1 is 0.857 bits per heavy atom. The van der Waals surface area contributed by atoms with Crippen molar-refractivity contribution in [1.29, 1.82) is 0 Å². The highest BCUT2D eigenvalue weighted by molar-refractivity contribution is 5.47. The van der Waals surface area contributed by atoms with Crippen molar-refractivity contribution in [1.82, 2.24) is 9.55 Å². The monoisotopic (exact) mass is 470 g/mol. The summed E-state index contributed by atoms with van der Waals surface area (Å²) in [7, 11) is 0. The van der Waals surface area contributed by atoms with Crippen LogP contribution >= 0.6 is 0 Å². The van der Waals surface area contributed by atoms with Crippen molar-refractivity contribution in [2.75, 3.05) is 6.61 Å². The van der Waals surface area contributed by atoms with Gasteiger partial charge in [-0.05, 0) is 16.7 Å². The van der Waals surface area contributed by atoms with Gasteiger partial charge >= 0.3 is 5.69 Å². The van der Waals surface area contributed by atoms with Crippen LogP contribution in [0.4, 0.5) is 0 Å². The number of benzene rings is 3. The number of nitrogens with zero attached hydrogens (tertiary/aromatic N) is 1. The lowest BCUT2D eigenvalue weighted by Gasteiger charge is -2.37. The lowest BCUT2D eigenvalue weighted by Crippen LogP contribution is -2.38. The third-order valence-electron chi connectivity index (χ3n) is 6.37. The molecule has 0 aliphatic carbocycles. The fraction of sp³-hybridized carbons (Fsp3) is 0.214. The van der Waals surface area contributed by atoms with Gasteiger partial charge in [0.2, 0.25) is 0 Å². The maximum absolute atomic E-state index is 12.2. The zero-order valence-electron chi connectivity index (χ0n) is 19.0. The van der Waals surface area contributed by atoms with Crippen LogP contribution in [-0.2, 0) is 15.1 Å². The lowest BCUT2D eigenvalue weighted by molar-refractivity contribution is -0.0944. The molecule has 7 heteroatoms. The average molecular weight is 471 g/mol. The second-order valence-corrected chi connectivity index (χ2v) is 8.54. The van der Waals surface area contributed by atoms with Gasteiger partial charge in [-0.3, -0.25) is 14.3 Å². The predicted octanol–water partition coefficient (Wildman–Crippen LogP) is 3.19. The van der Waals surface area contributed by atoms with Crippen LogP contribution in [0.5, 0.6) is 0 Å². The van der Waals surface area contributed by atoms with E-state index in [-0.39, 0.29) is 13.0 Å². The molecule has 0 spiro atoms. The Morgan fingerprint density at radius 2 is 1.37 bits per heavy atom. The zero-order valence-corrected chi connectivity index (χ0v) is 19.0. The van der Waals surface area contributed by atoms with Gasteiger partial charge in [-0.1, -0.05) is 91.0 Å². The van der Waals surface area contributed by atoms with Crippen LogP contribution in [0.25, 0.3) is 0 Å². The molecule has 1 aliphatic rings. The van der Waals surface area contributed by atoms with Crippen molar-refractivity contribution in [3.05, 3.63) is 141 Å². The first-order valence-corrected chi connectivity index (χ1v) is 11.5. The number of aliphatic hydroxyl groups is 1. The van der Waals surface area contributed by atoms with Gasteiger partial charge in [-0.15, -0.1) is 0 Å². The smallest absolute Gasteiger partial charge is 0.330 e. The molecule has 0 radical (unpaired) electrons. The summed E-state index contributed by atoms with van der Waals surface area (Å²) in [6, 6.07) is 31.1. The topological polar surface area (TPSA) is 93.6 Å². The Bertz CT molecular complexity index is 1270. The van der Waals surface area contributed by atoms with Crippen LogP contribution in [0.2, 0.25) is 0 Å². The minimum absolute atomic E-state index is 0.0778. The largest absolute Gasteiger partial charge is 0.390 e. The van der Waals surface area contributed by atoms with E-state index in [0.717, 1.165) is 16.7 Å². The molecule has 1 fully saturated rings. The third-order valence-corrected chi connectivity index (χ3v) is 6.37. The van der Waals surface area contributed by atoms with Crippen LogP contribution in [-0.4, -0.2) is 33.5 Å². The third kappa shape index (κ3) is 4.49. The molecule has 0 saturated carbocycles. The van der Waals surface area contributed by atoms with Gasteiger partial charge in [-0.25, -0.2) is 4.79 Å². The molecule has 2 heterocycles. The van der Waals surface area contributed by atoms with E-state index in [0.29, 0.717) is 0 Å². The number of aromatic amines is 1. The highest BCUT2D eigenvalue weighted by Crippen LogP contribution is 2.41. The Kier molecular flexibility index (Phi) is 6.46. The van der Waals surface area contributed by atoms with E-state index in [4.69, 9.17) is 9.47 Å². The second-order valence-electron chi connectivity index (χ2n) is 8.54. The molecule has 0 bridgehead atoms. The molecule has 0 amide bonds. The van der Waals surface area contributed by atoms with Crippen molar-refractivity contribution < 1.29 is 14.6 Å². The van der Waals surface area contributed by atoms with Crippen LogP contribution in [0.3, 0.4) is 0 Å². The summed E-state index contributed by atoms with van der Waals surface area (Å²) in [5.74, 6) is 0. The van der Waals surface area contributed by atoms with Gasteiger partial charge in [0.15, 0.2) is 0 Å². The van der Waals surface area contributed by atoms with Crippen LogP contribution in [0, 0.1) is 0 Å². The van der Waals surface area contributed by atoms with E-state index >= 15 is 0 Å². The molecule has 1 aliphatic heterocycles.